The van der Waals surface area contributed by atoms with Gasteiger partial charge in [0.15, 0.2) is 0 Å². The summed E-state index contributed by atoms with van der Waals surface area (Å²) in [5, 5.41) is 12.2. The maximum absolute atomic E-state index is 12.8. The lowest BCUT2D eigenvalue weighted by Gasteiger charge is -2.13. The van der Waals surface area contributed by atoms with Crippen molar-refractivity contribution in [2.24, 2.45) is 0 Å². The minimum absolute atomic E-state index is 0.0763. The van der Waals surface area contributed by atoms with Crippen LogP contribution in [-0.4, -0.2) is 27.0 Å². The van der Waals surface area contributed by atoms with E-state index in [0.29, 0.717) is 33.1 Å². The van der Waals surface area contributed by atoms with E-state index >= 15 is 0 Å². The highest BCUT2D eigenvalue weighted by molar-refractivity contribution is 6.34. The fourth-order valence-electron chi connectivity index (χ4n) is 2.93. The topological polar surface area (TPSA) is 69.0 Å². The van der Waals surface area contributed by atoms with Crippen molar-refractivity contribution in [2.75, 3.05) is 5.32 Å². The molecular weight excluding hydrogens is 400 g/mol. The molecule has 7 heteroatoms. The Bertz CT molecular complexity index is 1190. The molecule has 0 radical (unpaired) electrons. The van der Waals surface area contributed by atoms with Gasteiger partial charge in [-0.25, -0.2) is 0 Å². The molecule has 1 aromatic heterocycles. The van der Waals surface area contributed by atoms with Crippen molar-refractivity contribution in [3.05, 3.63) is 77.3 Å². The lowest BCUT2D eigenvalue weighted by Crippen LogP contribution is -2.14. The average Bonchev–Trinajstić information content (AvgIpc) is 3.17. The number of carbonyl (C=O) groups is 1. The maximum atomic E-state index is 12.8. The quantitative estimate of drug-likeness (QED) is 0.447. The zero-order valence-electron chi connectivity index (χ0n) is 16.7. The minimum atomic E-state index is -0.277. The molecule has 0 aliphatic carbocycles. The molecule has 152 valence electrons. The summed E-state index contributed by atoms with van der Waals surface area (Å²) in [5.41, 5.74) is 3.08. The number of rotatable bonds is 6. The number of hydrogen-bond donors (Lipinski definition) is 1. The van der Waals surface area contributed by atoms with Crippen molar-refractivity contribution in [3.63, 3.8) is 0 Å². The first-order valence-corrected chi connectivity index (χ1v) is 10.1. The van der Waals surface area contributed by atoms with E-state index in [1.54, 1.807) is 35.1 Å². The van der Waals surface area contributed by atoms with Crippen LogP contribution in [0.4, 0.5) is 5.69 Å². The second kappa shape index (κ2) is 8.55. The van der Waals surface area contributed by atoms with E-state index in [-0.39, 0.29) is 12.0 Å². The Morgan fingerprint density at radius 1 is 1.07 bits per heavy atom. The normalized spacial score (nSPS) is 12.0. The number of benzene rings is 3. The van der Waals surface area contributed by atoms with Crippen LogP contribution in [0, 0.1) is 0 Å². The standard InChI is InChI=1S/C23H21ClN4O2/c1-3-15(2)30-18-11-7-8-16(12-18)23(29)25-20-14-22-21(13-19(20)24)26-28(27-22)17-9-5-4-6-10-17/h4-15H,3H2,1-2H3,(H,25,29)/t15-/m1/s1. The van der Waals surface area contributed by atoms with Crippen LogP contribution in [0.1, 0.15) is 30.6 Å². The van der Waals surface area contributed by atoms with Crippen LogP contribution in [0.3, 0.4) is 0 Å². The van der Waals surface area contributed by atoms with Crippen LogP contribution in [0.5, 0.6) is 5.75 Å². The first-order valence-electron chi connectivity index (χ1n) is 9.73. The first kappa shape index (κ1) is 19.9. The summed E-state index contributed by atoms with van der Waals surface area (Å²) < 4.78 is 5.80. The molecule has 1 atom stereocenters. The summed E-state index contributed by atoms with van der Waals surface area (Å²) in [6.07, 6.45) is 0.961. The highest BCUT2D eigenvalue weighted by atomic mass is 35.5. The van der Waals surface area contributed by atoms with E-state index in [9.17, 15) is 4.79 Å². The monoisotopic (exact) mass is 420 g/mol. The highest BCUT2D eigenvalue weighted by Gasteiger charge is 2.14. The third-order valence-electron chi connectivity index (χ3n) is 4.71. The summed E-state index contributed by atoms with van der Waals surface area (Å²) in [4.78, 5) is 14.3. The number of nitrogens with one attached hydrogen (secondary N) is 1. The van der Waals surface area contributed by atoms with E-state index in [1.165, 1.54) is 0 Å². The third-order valence-corrected chi connectivity index (χ3v) is 5.03. The van der Waals surface area contributed by atoms with Gasteiger partial charge in [-0.05, 0) is 55.8 Å². The van der Waals surface area contributed by atoms with Crippen LogP contribution in [0.25, 0.3) is 16.7 Å². The smallest absolute Gasteiger partial charge is 0.255 e. The van der Waals surface area contributed by atoms with Crippen LogP contribution < -0.4 is 10.1 Å². The molecule has 0 unspecified atom stereocenters. The number of nitrogens with zero attached hydrogens (tertiary/aromatic N) is 3. The number of anilines is 1. The molecule has 0 fully saturated rings. The van der Waals surface area contributed by atoms with Crippen molar-refractivity contribution in [2.45, 2.75) is 26.4 Å². The van der Waals surface area contributed by atoms with Crippen LogP contribution in [0.15, 0.2) is 66.7 Å². The average molecular weight is 421 g/mol. The fraction of sp³-hybridized carbons (Fsp3) is 0.174. The van der Waals surface area contributed by atoms with Gasteiger partial charge in [0.2, 0.25) is 0 Å². The van der Waals surface area contributed by atoms with Crippen molar-refractivity contribution in [1.82, 2.24) is 15.0 Å². The first-order chi connectivity index (χ1) is 14.5. The SMILES string of the molecule is CC[C@@H](C)Oc1cccc(C(=O)Nc2cc3nn(-c4ccccc4)nc3cc2Cl)c1. The summed E-state index contributed by atoms with van der Waals surface area (Å²) >= 11 is 6.39. The molecule has 30 heavy (non-hydrogen) atoms. The summed E-state index contributed by atoms with van der Waals surface area (Å²) in [6, 6.07) is 20.1. The number of aromatic nitrogens is 3. The van der Waals surface area contributed by atoms with E-state index < -0.39 is 0 Å². The molecule has 1 amide bonds. The second-order valence-corrected chi connectivity index (χ2v) is 7.37. The Hall–Kier alpha value is -3.38. The Balaban J connectivity index is 1.58. The lowest BCUT2D eigenvalue weighted by molar-refractivity contribution is 0.102. The summed E-state index contributed by atoms with van der Waals surface area (Å²) in [5.74, 6) is 0.380. The van der Waals surface area contributed by atoms with Crippen molar-refractivity contribution in [3.8, 4) is 11.4 Å². The van der Waals surface area contributed by atoms with Gasteiger partial charge in [-0.15, -0.1) is 10.2 Å². The predicted octanol–water partition coefficient (Wildman–Crippen LogP) is 5.50. The van der Waals surface area contributed by atoms with Gasteiger partial charge in [-0.3, -0.25) is 4.79 Å². The lowest BCUT2D eigenvalue weighted by atomic mass is 10.2. The number of para-hydroxylation sites is 1. The van der Waals surface area contributed by atoms with E-state index in [0.717, 1.165) is 12.1 Å². The Labute approximate surface area is 179 Å². The minimum Gasteiger partial charge on any atom is -0.491 e. The number of fused-ring (bicyclic) bond motifs is 1. The molecule has 0 saturated carbocycles. The largest absolute Gasteiger partial charge is 0.491 e. The fourth-order valence-corrected chi connectivity index (χ4v) is 3.14. The van der Waals surface area contributed by atoms with Gasteiger partial charge in [0.25, 0.3) is 5.91 Å². The Morgan fingerprint density at radius 3 is 2.53 bits per heavy atom. The molecule has 0 saturated heterocycles. The molecule has 0 aliphatic heterocycles. The van der Waals surface area contributed by atoms with Gasteiger partial charge in [-0.2, -0.15) is 4.80 Å². The number of hydrogen-bond acceptors (Lipinski definition) is 4. The molecule has 3 aromatic carbocycles. The van der Waals surface area contributed by atoms with Crippen LogP contribution in [0.2, 0.25) is 5.02 Å². The highest BCUT2D eigenvalue weighted by Crippen LogP contribution is 2.28. The van der Waals surface area contributed by atoms with Gasteiger partial charge in [0.05, 0.1) is 22.5 Å². The summed E-state index contributed by atoms with van der Waals surface area (Å²) in [7, 11) is 0. The molecule has 1 heterocycles. The molecule has 4 aromatic rings. The van der Waals surface area contributed by atoms with Gasteiger partial charge in [0.1, 0.15) is 16.8 Å². The number of halogens is 1. The van der Waals surface area contributed by atoms with Crippen molar-refractivity contribution < 1.29 is 9.53 Å². The number of amides is 1. The zero-order chi connectivity index (χ0) is 21.1. The van der Waals surface area contributed by atoms with Crippen LogP contribution in [-0.2, 0) is 0 Å². The number of ether oxygens (including phenoxy) is 1. The number of carbonyl (C=O) groups excluding carboxylic acids is 1. The second-order valence-electron chi connectivity index (χ2n) is 6.96. The van der Waals surface area contributed by atoms with Crippen molar-refractivity contribution in [1.29, 1.82) is 0 Å². The third kappa shape index (κ3) is 4.28. The Morgan fingerprint density at radius 2 is 1.80 bits per heavy atom. The van der Waals surface area contributed by atoms with Gasteiger partial charge in [0, 0.05) is 5.56 Å². The van der Waals surface area contributed by atoms with E-state index in [4.69, 9.17) is 16.3 Å². The maximum Gasteiger partial charge on any atom is 0.255 e. The van der Waals surface area contributed by atoms with E-state index in [2.05, 4.69) is 15.5 Å². The van der Waals surface area contributed by atoms with E-state index in [1.807, 2.05) is 50.2 Å². The van der Waals surface area contributed by atoms with Gasteiger partial charge in [-0.1, -0.05) is 42.8 Å². The molecule has 1 N–H and O–H groups in total. The van der Waals surface area contributed by atoms with Gasteiger partial charge >= 0.3 is 0 Å². The Kier molecular flexibility index (Phi) is 5.68. The molecule has 0 spiro atoms. The predicted molar refractivity (Wildman–Crippen MR) is 119 cm³/mol. The molecule has 0 bridgehead atoms. The van der Waals surface area contributed by atoms with Gasteiger partial charge < -0.3 is 10.1 Å². The zero-order valence-corrected chi connectivity index (χ0v) is 17.4. The molecule has 6 nitrogen and oxygen atoms in total. The molecule has 4 rings (SSSR count). The molecule has 0 aliphatic rings. The summed E-state index contributed by atoms with van der Waals surface area (Å²) in [6.45, 7) is 4.04. The molecular formula is C23H21ClN4O2. The van der Waals surface area contributed by atoms with Crippen LogP contribution >= 0.6 is 11.6 Å². The van der Waals surface area contributed by atoms with Crippen molar-refractivity contribution >= 4 is 34.2 Å².